The summed E-state index contributed by atoms with van der Waals surface area (Å²) < 4.78 is 28.3. The second kappa shape index (κ2) is 9.40. The number of anilines is 1. The van der Waals surface area contributed by atoms with Gasteiger partial charge in [0.15, 0.2) is 0 Å². The predicted octanol–water partition coefficient (Wildman–Crippen LogP) is 5.21. The Morgan fingerprint density at radius 2 is 1.63 bits per heavy atom. The Labute approximate surface area is 204 Å². The molecule has 3 fully saturated rings. The normalized spacial score (nSPS) is 21.6. The largest absolute Gasteiger partial charge is 0.338 e. The van der Waals surface area contributed by atoms with Crippen molar-refractivity contribution in [2.45, 2.75) is 63.5 Å². The molecule has 1 saturated carbocycles. The van der Waals surface area contributed by atoms with Gasteiger partial charge in [0.25, 0.3) is 5.91 Å². The summed E-state index contributed by atoms with van der Waals surface area (Å²) in [4.78, 5) is 34.5. The first-order valence-corrected chi connectivity index (χ1v) is 12.4. The lowest BCUT2D eigenvalue weighted by atomic mass is 9.84. The Kier molecular flexibility index (Phi) is 6.30. The minimum atomic E-state index is -0.876. The molecular weight excluding hydrogens is 450 g/mol. The molecule has 0 atom stereocenters. The molecule has 3 amide bonds. The van der Waals surface area contributed by atoms with Crippen molar-refractivity contribution in [2.75, 3.05) is 18.0 Å². The monoisotopic (exact) mass is 480 g/mol. The van der Waals surface area contributed by atoms with Crippen LogP contribution in [0.5, 0.6) is 0 Å². The number of carbonyl (C=O) groups excluding carboxylic acids is 2. The Hall–Kier alpha value is -3.29. The van der Waals surface area contributed by atoms with E-state index in [0.29, 0.717) is 37.3 Å². The second-order valence-electron chi connectivity index (χ2n) is 9.85. The minimum Gasteiger partial charge on any atom is -0.338 e. The van der Waals surface area contributed by atoms with Crippen LogP contribution in [0.3, 0.4) is 0 Å². The first-order chi connectivity index (χ1) is 16.9. The van der Waals surface area contributed by atoms with Crippen molar-refractivity contribution in [2.24, 2.45) is 4.99 Å². The highest BCUT2D eigenvalue weighted by molar-refractivity contribution is 6.19. The maximum atomic E-state index is 14.1. The van der Waals surface area contributed by atoms with Crippen molar-refractivity contribution in [3.05, 3.63) is 65.2 Å². The van der Waals surface area contributed by atoms with Gasteiger partial charge in [-0.05, 0) is 56.9 Å². The molecule has 2 aromatic carbocycles. The first-order valence-electron chi connectivity index (χ1n) is 12.4. The van der Waals surface area contributed by atoms with Gasteiger partial charge in [0, 0.05) is 24.7 Å². The number of nitrogens with zero attached hydrogens (tertiary/aromatic N) is 3. The zero-order valence-electron chi connectivity index (χ0n) is 19.9. The molecule has 3 aliphatic rings. The molecule has 2 aromatic rings. The molecule has 0 unspecified atom stereocenters. The zero-order valence-corrected chi connectivity index (χ0v) is 19.9. The van der Waals surface area contributed by atoms with E-state index in [1.165, 1.54) is 23.5 Å². The molecule has 2 saturated heterocycles. The molecule has 1 spiro atoms. The maximum absolute atomic E-state index is 14.1. The third-order valence-electron chi connectivity index (χ3n) is 7.47. The second-order valence-corrected chi connectivity index (χ2v) is 9.85. The number of likely N-dealkylation sites (tertiary alicyclic amines) is 1. The van der Waals surface area contributed by atoms with E-state index in [-0.39, 0.29) is 17.6 Å². The number of piperidine rings is 1. The van der Waals surface area contributed by atoms with Gasteiger partial charge in [-0.2, -0.15) is 0 Å². The van der Waals surface area contributed by atoms with Crippen LogP contribution in [0, 0.1) is 18.6 Å². The van der Waals surface area contributed by atoms with Crippen LogP contribution >= 0.6 is 0 Å². The fraction of sp³-hybridized carbons (Fsp3) is 0.444. The number of hydrogen-bond donors (Lipinski definition) is 1. The molecule has 2 heterocycles. The number of amides is 3. The fourth-order valence-corrected chi connectivity index (χ4v) is 5.57. The molecular formula is C27H30F2N4O2. The molecule has 0 radical (unpaired) electrons. The molecule has 184 valence electrons. The van der Waals surface area contributed by atoms with Crippen molar-refractivity contribution in [1.82, 2.24) is 10.2 Å². The third kappa shape index (κ3) is 4.54. The van der Waals surface area contributed by atoms with E-state index in [0.717, 1.165) is 37.3 Å². The van der Waals surface area contributed by atoms with Gasteiger partial charge in [0.2, 0.25) is 0 Å². The Bertz CT molecular complexity index is 1130. The van der Waals surface area contributed by atoms with E-state index in [2.05, 4.69) is 5.32 Å². The summed E-state index contributed by atoms with van der Waals surface area (Å²) in [6.45, 7) is 2.78. The van der Waals surface area contributed by atoms with Crippen LogP contribution in [0.1, 0.15) is 60.9 Å². The number of amidine groups is 1. The number of aliphatic imine (C=N–C) groups is 1. The van der Waals surface area contributed by atoms with Crippen LogP contribution < -0.4 is 10.2 Å². The number of carbonyl (C=O) groups is 2. The molecule has 0 aromatic heterocycles. The molecule has 8 heteroatoms. The van der Waals surface area contributed by atoms with Crippen LogP contribution in [-0.4, -0.2) is 47.3 Å². The van der Waals surface area contributed by atoms with Gasteiger partial charge in [-0.15, -0.1) is 0 Å². The van der Waals surface area contributed by atoms with Gasteiger partial charge >= 0.3 is 6.03 Å². The lowest BCUT2D eigenvalue weighted by Gasteiger charge is -2.43. The summed E-state index contributed by atoms with van der Waals surface area (Å²) in [7, 11) is 0. The van der Waals surface area contributed by atoms with Crippen LogP contribution in [-0.2, 0) is 0 Å². The lowest BCUT2D eigenvalue weighted by Crippen LogP contribution is -2.58. The highest BCUT2D eigenvalue weighted by Crippen LogP contribution is 2.39. The number of rotatable bonds is 3. The number of nitrogens with one attached hydrogen (secondary N) is 1. The van der Waals surface area contributed by atoms with Crippen LogP contribution in [0.4, 0.5) is 19.3 Å². The highest BCUT2D eigenvalue weighted by atomic mass is 19.1. The number of hydrogen-bond acceptors (Lipinski definition) is 3. The average molecular weight is 481 g/mol. The molecule has 35 heavy (non-hydrogen) atoms. The van der Waals surface area contributed by atoms with Crippen molar-refractivity contribution in [1.29, 1.82) is 0 Å². The van der Waals surface area contributed by atoms with Gasteiger partial charge in [-0.3, -0.25) is 20.0 Å². The van der Waals surface area contributed by atoms with E-state index >= 15 is 0 Å². The van der Waals surface area contributed by atoms with Gasteiger partial charge in [0.05, 0.1) is 11.7 Å². The van der Waals surface area contributed by atoms with Crippen molar-refractivity contribution in [3.8, 4) is 0 Å². The lowest BCUT2D eigenvalue weighted by molar-refractivity contribution is 0.0700. The summed E-state index contributed by atoms with van der Waals surface area (Å²) in [5.74, 6) is -0.993. The topological polar surface area (TPSA) is 65.0 Å². The molecule has 6 nitrogen and oxygen atoms in total. The fourth-order valence-electron chi connectivity index (χ4n) is 5.57. The summed E-state index contributed by atoms with van der Waals surface area (Å²) in [5.41, 5.74) is 0.981. The van der Waals surface area contributed by atoms with Crippen molar-refractivity contribution in [3.63, 3.8) is 0 Å². The van der Waals surface area contributed by atoms with E-state index in [1.807, 2.05) is 31.2 Å². The zero-order chi connectivity index (χ0) is 24.6. The predicted molar refractivity (Wildman–Crippen MR) is 131 cm³/mol. The van der Waals surface area contributed by atoms with Crippen LogP contribution in [0.25, 0.3) is 0 Å². The molecule has 2 aliphatic heterocycles. The van der Waals surface area contributed by atoms with Gasteiger partial charge in [-0.25, -0.2) is 13.6 Å². The maximum Gasteiger partial charge on any atom is 0.328 e. The third-order valence-corrected chi connectivity index (χ3v) is 7.47. The van der Waals surface area contributed by atoms with Crippen molar-refractivity contribution >= 4 is 23.5 Å². The standard InChI is InChI=1S/C27H30F2N4O2/c1-18-7-9-19(10-8-18)24(34)32-13-11-27(12-14-32)25(30-22-5-3-2-4-6-22)31-26(35)33(27)23-16-20(28)15-21(29)17-23/h7-10,15-17,22H,2-6,11-14H2,1H3,(H,30,31,35). The number of benzene rings is 2. The molecule has 5 rings (SSSR count). The molecule has 0 bridgehead atoms. The van der Waals surface area contributed by atoms with Crippen LogP contribution in [0.15, 0.2) is 47.5 Å². The number of urea groups is 1. The van der Waals surface area contributed by atoms with E-state index in [9.17, 15) is 18.4 Å². The Morgan fingerprint density at radius 3 is 2.26 bits per heavy atom. The number of aryl methyl sites for hydroxylation is 1. The smallest absolute Gasteiger partial charge is 0.328 e. The Balaban J connectivity index is 1.47. The summed E-state index contributed by atoms with van der Waals surface area (Å²) in [6, 6.07) is 10.3. The average Bonchev–Trinajstić information content (AvgIpc) is 3.09. The quantitative estimate of drug-likeness (QED) is 0.656. The summed E-state index contributed by atoms with van der Waals surface area (Å²) in [5, 5.41) is 2.92. The number of halogens is 2. The highest BCUT2D eigenvalue weighted by Gasteiger charge is 2.53. The van der Waals surface area contributed by atoms with Crippen LogP contribution in [0.2, 0.25) is 0 Å². The molecule has 1 aliphatic carbocycles. The van der Waals surface area contributed by atoms with E-state index in [1.54, 1.807) is 4.90 Å². The van der Waals surface area contributed by atoms with Gasteiger partial charge in [-0.1, -0.05) is 37.0 Å². The van der Waals surface area contributed by atoms with E-state index in [4.69, 9.17) is 4.99 Å². The Morgan fingerprint density at radius 1 is 1.00 bits per heavy atom. The summed E-state index contributed by atoms with van der Waals surface area (Å²) >= 11 is 0. The van der Waals surface area contributed by atoms with Gasteiger partial charge < -0.3 is 4.90 Å². The van der Waals surface area contributed by atoms with E-state index < -0.39 is 23.2 Å². The van der Waals surface area contributed by atoms with Crippen molar-refractivity contribution < 1.29 is 18.4 Å². The SMILES string of the molecule is Cc1ccc(C(=O)N2CCC3(CC2)C(=NC2CCCCC2)NC(=O)N3c2cc(F)cc(F)c2)cc1. The molecule has 1 N–H and O–H groups in total. The minimum absolute atomic E-state index is 0.0637. The van der Waals surface area contributed by atoms with Gasteiger partial charge in [0.1, 0.15) is 23.0 Å². The first kappa shape index (κ1) is 23.5. The summed E-state index contributed by atoms with van der Waals surface area (Å²) in [6.07, 6.45) is 6.15.